The van der Waals surface area contributed by atoms with Crippen LogP contribution in [-0.2, 0) is 14.3 Å². The molecule has 14 heavy (non-hydrogen) atoms. The highest BCUT2D eigenvalue weighted by atomic mass is 16.5. The molecule has 0 saturated carbocycles. The van der Waals surface area contributed by atoms with Crippen LogP contribution in [0, 0.1) is 0 Å². The largest absolute Gasteiger partial charge is 0.465 e. The van der Waals surface area contributed by atoms with Gasteiger partial charge in [0.05, 0.1) is 7.11 Å². The van der Waals surface area contributed by atoms with Gasteiger partial charge in [-0.2, -0.15) is 0 Å². The van der Waals surface area contributed by atoms with Gasteiger partial charge in [0.1, 0.15) is 5.57 Å². The number of hydrogen-bond acceptors (Lipinski definition) is 3. The van der Waals surface area contributed by atoms with Crippen LogP contribution in [-0.4, -0.2) is 23.8 Å². The SMILES string of the molecule is COC(=O)C(=Cc1ccc[nH]1)C(C)=O. The van der Waals surface area contributed by atoms with Gasteiger partial charge in [0, 0.05) is 11.9 Å². The number of nitrogens with one attached hydrogen (secondary N) is 1. The summed E-state index contributed by atoms with van der Waals surface area (Å²) in [4.78, 5) is 25.1. The average molecular weight is 193 g/mol. The number of ketones is 1. The molecule has 1 rings (SSSR count). The summed E-state index contributed by atoms with van der Waals surface area (Å²) in [6, 6.07) is 3.53. The fraction of sp³-hybridized carbons (Fsp3) is 0.200. The van der Waals surface area contributed by atoms with E-state index in [9.17, 15) is 9.59 Å². The molecule has 0 aliphatic rings. The van der Waals surface area contributed by atoms with Gasteiger partial charge in [-0.3, -0.25) is 4.79 Å². The number of hydrogen-bond donors (Lipinski definition) is 1. The molecule has 0 atom stereocenters. The Morgan fingerprint density at radius 3 is 2.64 bits per heavy atom. The number of H-pyrrole nitrogens is 1. The third-order valence-electron chi connectivity index (χ3n) is 1.71. The Balaban J connectivity index is 2.99. The molecule has 0 aliphatic carbocycles. The fourth-order valence-corrected chi connectivity index (χ4v) is 1.00. The highest BCUT2D eigenvalue weighted by Gasteiger charge is 2.14. The van der Waals surface area contributed by atoms with Crippen LogP contribution in [0.3, 0.4) is 0 Å². The molecule has 1 heterocycles. The monoisotopic (exact) mass is 193 g/mol. The third kappa shape index (κ3) is 2.32. The van der Waals surface area contributed by atoms with Crippen molar-refractivity contribution in [2.24, 2.45) is 0 Å². The van der Waals surface area contributed by atoms with E-state index < -0.39 is 5.97 Å². The van der Waals surface area contributed by atoms with E-state index in [4.69, 9.17) is 0 Å². The molecular weight excluding hydrogens is 182 g/mol. The van der Waals surface area contributed by atoms with E-state index in [1.165, 1.54) is 20.1 Å². The molecule has 74 valence electrons. The lowest BCUT2D eigenvalue weighted by Gasteiger charge is -1.99. The molecule has 0 saturated heterocycles. The van der Waals surface area contributed by atoms with Crippen molar-refractivity contribution in [1.82, 2.24) is 4.98 Å². The van der Waals surface area contributed by atoms with Gasteiger partial charge >= 0.3 is 5.97 Å². The first kappa shape index (κ1) is 10.2. The maximum atomic E-state index is 11.2. The molecule has 0 amide bonds. The zero-order valence-electron chi connectivity index (χ0n) is 8.03. The van der Waals surface area contributed by atoms with Crippen molar-refractivity contribution in [3.05, 3.63) is 29.6 Å². The first-order valence-corrected chi connectivity index (χ1v) is 4.09. The number of ether oxygens (including phenoxy) is 1. The average Bonchev–Trinajstić information content (AvgIpc) is 2.65. The quantitative estimate of drug-likeness (QED) is 0.339. The number of carbonyl (C=O) groups excluding carboxylic acids is 2. The molecule has 4 heteroatoms. The van der Waals surface area contributed by atoms with Gasteiger partial charge in [-0.1, -0.05) is 0 Å². The second-order valence-electron chi connectivity index (χ2n) is 2.73. The van der Waals surface area contributed by atoms with E-state index in [1.807, 2.05) is 0 Å². The number of Topliss-reactive ketones (excluding diaryl/α,β-unsaturated/α-hetero) is 1. The Morgan fingerprint density at radius 1 is 1.50 bits per heavy atom. The lowest BCUT2D eigenvalue weighted by atomic mass is 10.1. The van der Waals surface area contributed by atoms with Crippen molar-refractivity contribution >= 4 is 17.8 Å². The molecule has 0 spiro atoms. The Kier molecular flexibility index (Phi) is 3.23. The number of carbonyl (C=O) groups is 2. The molecule has 4 nitrogen and oxygen atoms in total. The minimum absolute atomic E-state index is 0.0370. The van der Waals surface area contributed by atoms with Gasteiger partial charge < -0.3 is 9.72 Å². The Bertz CT molecular complexity index is 363. The number of aromatic amines is 1. The number of methoxy groups -OCH3 is 1. The predicted molar refractivity (Wildman–Crippen MR) is 51.5 cm³/mol. The lowest BCUT2D eigenvalue weighted by molar-refractivity contribution is -0.137. The van der Waals surface area contributed by atoms with Crippen LogP contribution >= 0.6 is 0 Å². The van der Waals surface area contributed by atoms with Gasteiger partial charge in [-0.05, 0) is 25.1 Å². The smallest absolute Gasteiger partial charge is 0.341 e. The van der Waals surface area contributed by atoms with Crippen molar-refractivity contribution in [2.75, 3.05) is 7.11 Å². The molecule has 0 unspecified atom stereocenters. The number of esters is 1. The van der Waals surface area contributed by atoms with Crippen LogP contribution in [0.1, 0.15) is 12.6 Å². The van der Waals surface area contributed by atoms with E-state index in [-0.39, 0.29) is 11.4 Å². The highest BCUT2D eigenvalue weighted by Crippen LogP contribution is 2.06. The standard InChI is InChI=1S/C10H11NO3/c1-7(12)9(10(13)14-2)6-8-4-3-5-11-8/h3-6,11H,1-2H3. The van der Waals surface area contributed by atoms with Crippen LogP contribution < -0.4 is 0 Å². The van der Waals surface area contributed by atoms with Crippen LogP contribution in [0.25, 0.3) is 6.08 Å². The summed E-state index contributed by atoms with van der Waals surface area (Å²) in [6.45, 7) is 1.33. The molecule has 0 aliphatic heterocycles. The van der Waals surface area contributed by atoms with E-state index in [1.54, 1.807) is 18.3 Å². The number of rotatable bonds is 3. The molecular formula is C10H11NO3. The van der Waals surface area contributed by atoms with Crippen molar-refractivity contribution in [3.63, 3.8) is 0 Å². The third-order valence-corrected chi connectivity index (χ3v) is 1.71. The minimum Gasteiger partial charge on any atom is -0.465 e. The molecule has 1 aromatic rings. The Hall–Kier alpha value is -1.84. The second-order valence-corrected chi connectivity index (χ2v) is 2.73. The summed E-state index contributed by atoms with van der Waals surface area (Å²) >= 11 is 0. The van der Waals surface area contributed by atoms with Crippen LogP contribution in [0.15, 0.2) is 23.9 Å². The zero-order chi connectivity index (χ0) is 10.6. The first-order valence-electron chi connectivity index (χ1n) is 4.09. The molecule has 0 aromatic carbocycles. The maximum absolute atomic E-state index is 11.2. The summed E-state index contributed by atoms with van der Waals surface area (Å²) in [5.41, 5.74) is 0.732. The maximum Gasteiger partial charge on any atom is 0.341 e. The molecule has 0 radical (unpaired) electrons. The Labute approximate surface area is 81.6 Å². The summed E-state index contributed by atoms with van der Waals surface area (Å²) in [6.07, 6.45) is 3.18. The van der Waals surface area contributed by atoms with E-state index in [0.717, 1.165) is 0 Å². The normalized spacial score (nSPS) is 11.1. The first-order chi connectivity index (χ1) is 6.65. The predicted octanol–water partition coefficient (Wildman–Crippen LogP) is 1.16. The molecule has 1 N–H and O–H groups in total. The van der Waals surface area contributed by atoms with E-state index in [0.29, 0.717) is 5.69 Å². The topological polar surface area (TPSA) is 59.2 Å². The van der Waals surface area contributed by atoms with Gasteiger partial charge in [0.2, 0.25) is 0 Å². The van der Waals surface area contributed by atoms with Gasteiger partial charge in [0.15, 0.2) is 5.78 Å². The Morgan fingerprint density at radius 2 is 2.21 bits per heavy atom. The summed E-state index contributed by atoms with van der Waals surface area (Å²) < 4.78 is 4.48. The van der Waals surface area contributed by atoms with E-state index in [2.05, 4.69) is 9.72 Å². The van der Waals surface area contributed by atoms with Crippen molar-refractivity contribution in [2.45, 2.75) is 6.92 Å². The summed E-state index contributed by atoms with van der Waals surface area (Å²) in [7, 11) is 1.24. The van der Waals surface area contributed by atoms with Gasteiger partial charge in [-0.15, -0.1) is 0 Å². The minimum atomic E-state index is -0.618. The summed E-state index contributed by atoms with van der Waals surface area (Å²) in [5.74, 6) is -0.932. The lowest BCUT2D eigenvalue weighted by Crippen LogP contribution is -2.11. The van der Waals surface area contributed by atoms with Gasteiger partial charge in [0.25, 0.3) is 0 Å². The fourth-order valence-electron chi connectivity index (χ4n) is 1.00. The van der Waals surface area contributed by atoms with Gasteiger partial charge in [-0.25, -0.2) is 4.79 Å². The van der Waals surface area contributed by atoms with Crippen molar-refractivity contribution in [1.29, 1.82) is 0 Å². The second kappa shape index (κ2) is 4.41. The number of aromatic nitrogens is 1. The van der Waals surface area contributed by atoms with Crippen LogP contribution in [0.4, 0.5) is 0 Å². The highest BCUT2D eigenvalue weighted by molar-refractivity contribution is 6.19. The van der Waals surface area contributed by atoms with Crippen LogP contribution in [0.2, 0.25) is 0 Å². The van der Waals surface area contributed by atoms with Crippen molar-refractivity contribution < 1.29 is 14.3 Å². The van der Waals surface area contributed by atoms with Crippen LogP contribution in [0.5, 0.6) is 0 Å². The summed E-state index contributed by atoms with van der Waals surface area (Å²) in [5, 5.41) is 0. The van der Waals surface area contributed by atoms with E-state index >= 15 is 0 Å². The molecule has 0 fully saturated rings. The van der Waals surface area contributed by atoms with Crippen molar-refractivity contribution in [3.8, 4) is 0 Å². The molecule has 0 bridgehead atoms. The zero-order valence-corrected chi connectivity index (χ0v) is 8.03. The molecule has 1 aromatic heterocycles.